The van der Waals surface area contributed by atoms with Crippen molar-refractivity contribution in [2.75, 3.05) is 19.6 Å². The first-order valence-corrected chi connectivity index (χ1v) is 13.5. The van der Waals surface area contributed by atoms with Gasteiger partial charge < -0.3 is 15.3 Å². The fraction of sp³-hybridized carbons (Fsp3) is 0.533. The van der Waals surface area contributed by atoms with Crippen LogP contribution in [0, 0.1) is 5.92 Å². The summed E-state index contributed by atoms with van der Waals surface area (Å²) >= 11 is 0. The van der Waals surface area contributed by atoms with Crippen molar-refractivity contribution in [2.45, 2.75) is 77.1 Å². The zero-order valence-electron chi connectivity index (χ0n) is 22.0. The van der Waals surface area contributed by atoms with Gasteiger partial charge in [0.1, 0.15) is 17.7 Å². The van der Waals surface area contributed by atoms with Gasteiger partial charge in [0.15, 0.2) is 0 Å². The fourth-order valence-electron chi connectivity index (χ4n) is 5.62. The number of aliphatic hydroxyl groups excluding tert-OH is 1. The average Bonchev–Trinajstić information content (AvgIpc) is 2.89. The zero-order valence-corrected chi connectivity index (χ0v) is 22.0. The number of nitrogens with one attached hydrogen (secondary N) is 1. The molecule has 0 unspecified atom stereocenters. The van der Waals surface area contributed by atoms with E-state index in [-0.39, 0.29) is 11.8 Å². The number of likely N-dealkylation sites (tertiary alicyclic amines) is 1. The molecule has 1 spiro atoms. The van der Waals surface area contributed by atoms with E-state index in [0.29, 0.717) is 31.7 Å². The number of amides is 2. The van der Waals surface area contributed by atoms with E-state index in [0.717, 1.165) is 43.6 Å². The Bertz CT molecular complexity index is 1010. The van der Waals surface area contributed by atoms with Crippen molar-refractivity contribution in [1.29, 1.82) is 0 Å². The Kier molecular flexibility index (Phi) is 8.47. The molecule has 0 radical (unpaired) electrons. The number of nitrogens with zero attached hydrogens (tertiary/aromatic N) is 2. The van der Waals surface area contributed by atoms with E-state index in [1.165, 1.54) is 5.56 Å². The summed E-state index contributed by atoms with van der Waals surface area (Å²) in [6, 6.07) is 17.4. The molecule has 2 amide bonds. The van der Waals surface area contributed by atoms with Crippen LogP contribution in [0.5, 0.6) is 0 Å². The van der Waals surface area contributed by atoms with Gasteiger partial charge in [-0.25, -0.2) is 0 Å². The normalized spacial score (nSPS) is 21.1. The van der Waals surface area contributed by atoms with Crippen LogP contribution in [-0.2, 0) is 16.1 Å². The predicted molar refractivity (Wildman–Crippen MR) is 142 cm³/mol. The highest BCUT2D eigenvalue weighted by molar-refractivity contribution is 6.00. The molecular weight excluding hydrogens is 450 g/mol. The minimum absolute atomic E-state index is 0.0303. The second-order valence-electron chi connectivity index (χ2n) is 10.9. The van der Waals surface area contributed by atoms with E-state index >= 15 is 0 Å². The highest BCUT2D eigenvalue weighted by Gasteiger charge is 2.53. The summed E-state index contributed by atoms with van der Waals surface area (Å²) in [6.45, 7) is 9.29. The van der Waals surface area contributed by atoms with Crippen LogP contribution in [0.15, 0.2) is 54.6 Å². The van der Waals surface area contributed by atoms with E-state index in [1.807, 2.05) is 47.4 Å². The maximum absolute atomic E-state index is 13.4. The summed E-state index contributed by atoms with van der Waals surface area (Å²) in [6.07, 6.45) is 3.29. The third-order valence-electron chi connectivity index (χ3n) is 7.75. The number of hydrogen-bond acceptors (Lipinski definition) is 4. The van der Waals surface area contributed by atoms with Gasteiger partial charge in [-0.2, -0.15) is 0 Å². The van der Waals surface area contributed by atoms with Crippen molar-refractivity contribution in [3.63, 3.8) is 0 Å². The summed E-state index contributed by atoms with van der Waals surface area (Å²) < 4.78 is 0. The second kappa shape index (κ2) is 11.6. The lowest BCUT2D eigenvalue weighted by atomic mass is 9.80. The van der Waals surface area contributed by atoms with Gasteiger partial charge in [0, 0.05) is 26.2 Å². The smallest absolute Gasteiger partial charge is 0.246 e. The van der Waals surface area contributed by atoms with Crippen LogP contribution in [0.25, 0.3) is 0 Å². The number of benzene rings is 2. The van der Waals surface area contributed by atoms with Crippen LogP contribution in [0.4, 0.5) is 0 Å². The lowest BCUT2D eigenvalue weighted by Gasteiger charge is -2.52. The van der Waals surface area contributed by atoms with Crippen LogP contribution in [0.1, 0.15) is 75.7 Å². The maximum Gasteiger partial charge on any atom is 0.246 e. The van der Waals surface area contributed by atoms with Gasteiger partial charge in [-0.15, -0.1) is 0 Å². The van der Waals surface area contributed by atoms with Crippen LogP contribution in [0.3, 0.4) is 0 Å². The largest absolute Gasteiger partial charge is 0.384 e. The van der Waals surface area contributed by atoms with Gasteiger partial charge in [0.05, 0.1) is 0 Å². The molecule has 2 fully saturated rings. The highest BCUT2D eigenvalue weighted by Crippen LogP contribution is 2.35. The number of carbonyl (C=O) groups is 2. The molecule has 194 valence electrons. The van der Waals surface area contributed by atoms with E-state index in [2.05, 4.69) is 43.1 Å². The number of piperidine rings is 1. The van der Waals surface area contributed by atoms with Gasteiger partial charge >= 0.3 is 0 Å². The number of piperazine rings is 1. The molecule has 6 nitrogen and oxygen atoms in total. The molecule has 6 heteroatoms. The summed E-state index contributed by atoms with van der Waals surface area (Å²) in [5.41, 5.74) is 2.22. The Morgan fingerprint density at radius 1 is 1.00 bits per heavy atom. The highest BCUT2D eigenvalue weighted by atomic mass is 16.3. The van der Waals surface area contributed by atoms with Crippen LogP contribution in [-0.4, -0.2) is 57.9 Å². The van der Waals surface area contributed by atoms with E-state index in [1.54, 1.807) is 0 Å². The van der Waals surface area contributed by atoms with Gasteiger partial charge in [0.2, 0.25) is 11.8 Å². The predicted octanol–water partition coefficient (Wildman–Crippen LogP) is 4.28. The molecule has 0 aliphatic carbocycles. The monoisotopic (exact) mass is 491 g/mol. The molecule has 2 aliphatic heterocycles. The number of rotatable bonds is 9. The third-order valence-corrected chi connectivity index (χ3v) is 7.75. The molecule has 2 saturated heterocycles. The van der Waals surface area contributed by atoms with Crippen molar-refractivity contribution in [3.05, 3.63) is 71.3 Å². The first-order chi connectivity index (χ1) is 17.3. The molecule has 36 heavy (non-hydrogen) atoms. The number of aliphatic hydroxyl groups is 1. The first-order valence-electron chi connectivity index (χ1n) is 13.5. The Labute approximate surface area is 215 Å². The molecule has 4 rings (SSSR count). The summed E-state index contributed by atoms with van der Waals surface area (Å²) in [4.78, 5) is 31.1. The molecule has 0 aromatic heterocycles. The average molecular weight is 492 g/mol. The molecular formula is C30H41N3O3. The number of hydrogen-bond donors (Lipinski definition) is 2. The molecule has 2 aliphatic rings. The summed E-state index contributed by atoms with van der Waals surface area (Å²) in [7, 11) is 0. The third kappa shape index (κ3) is 5.65. The minimum atomic E-state index is -0.722. The van der Waals surface area contributed by atoms with Crippen molar-refractivity contribution < 1.29 is 14.7 Å². The van der Waals surface area contributed by atoms with Crippen molar-refractivity contribution in [2.24, 2.45) is 5.92 Å². The molecule has 2 aromatic rings. The number of carbonyl (C=O) groups excluding carboxylic acids is 2. The van der Waals surface area contributed by atoms with Crippen molar-refractivity contribution >= 4 is 11.8 Å². The topological polar surface area (TPSA) is 72.9 Å². The quantitative estimate of drug-likeness (QED) is 0.549. The van der Waals surface area contributed by atoms with Gasteiger partial charge in [-0.1, -0.05) is 81.8 Å². The van der Waals surface area contributed by atoms with E-state index in [9.17, 15) is 14.7 Å². The minimum Gasteiger partial charge on any atom is -0.384 e. The standard InChI is InChI=1S/C30H41N3O3/c1-4-5-17-33-28(35)26(20-22(2)3)31-29(36)30(33)15-18-32(19-16-30)21-23-11-13-25(14-12-23)27(34)24-9-7-6-8-10-24/h6-14,22,26-27,34H,4-5,15-21H2,1-3H3,(H,31,36)/t26-,27-/m0/s1. The molecule has 0 saturated carbocycles. The van der Waals surface area contributed by atoms with Gasteiger partial charge in [0.25, 0.3) is 0 Å². The number of unbranched alkanes of at least 4 members (excludes halogenated alkanes) is 1. The Morgan fingerprint density at radius 3 is 2.25 bits per heavy atom. The van der Waals surface area contributed by atoms with Crippen molar-refractivity contribution in [3.8, 4) is 0 Å². The lowest BCUT2D eigenvalue weighted by molar-refractivity contribution is -0.161. The molecule has 0 bridgehead atoms. The second-order valence-corrected chi connectivity index (χ2v) is 10.9. The lowest BCUT2D eigenvalue weighted by Crippen LogP contribution is -2.73. The van der Waals surface area contributed by atoms with Gasteiger partial charge in [-0.05, 0) is 48.3 Å². The fourth-order valence-corrected chi connectivity index (χ4v) is 5.62. The van der Waals surface area contributed by atoms with E-state index in [4.69, 9.17) is 0 Å². The molecule has 2 heterocycles. The SMILES string of the molecule is CCCCN1C(=O)[C@H](CC(C)C)NC(=O)C12CCN(Cc1ccc([C@@H](O)c3ccccc3)cc1)CC2. The van der Waals surface area contributed by atoms with E-state index < -0.39 is 17.7 Å². The van der Waals surface area contributed by atoms with Crippen molar-refractivity contribution in [1.82, 2.24) is 15.1 Å². The Hall–Kier alpha value is -2.70. The summed E-state index contributed by atoms with van der Waals surface area (Å²) in [5.74, 6) is 0.476. The zero-order chi connectivity index (χ0) is 25.7. The van der Waals surface area contributed by atoms with Gasteiger partial charge in [-0.3, -0.25) is 14.5 Å². The maximum atomic E-state index is 13.4. The Morgan fingerprint density at radius 2 is 1.64 bits per heavy atom. The molecule has 2 aromatic carbocycles. The molecule has 2 N–H and O–H groups in total. The first kappa shape index (κ1) is 26.4. The summed E-state index contributed by atoms with van der Waals surface area (Å²) in [5, 5.41) is 13.8. The van der Waals surface area contributed by atoms with Crippen LogP contribution >= 0.6 is 0 Å². The molecule has 2 atom stereocenters. The van der Waals surface area contributed by atoms with Crippen LogP contribution in [0.2, 0.25) is 0 Å². The Balaban J connectivity index is 1.40. The van der Waals surface area contributed by atoms with Crippen LogP contribution < -0.4 is 5.32 Å².